The highest BCUT2D eigenvalue weighted by atomic mass is 15.3. The van der Waals surface area contributed by atoms with Gasteiger partial charge in [-0.3, -0.25) is 0 Å². The van der Waals surface area contributed by atoms with Crippen LogP contribution in [0.4, 0.5) is 5.95 Å². The van der Waals surface area contributed by atoms with Gasteiger partial charge in [0, 0.05) is 25.5 Å². The van der Waals surface area contributed by atoms with Crippen LogP contribution in [-0.4, -0.2) is 33.0 Å². The summed E-state index contributed by atoms with van der Waals surface area (Å²) in [7, 11) is 0. The van der Waals surface area contributed by atoms with Gasteiger partial charge in [0.1, 0.15) is 11.8 Å². The maximum atomic E-state index is 9.13. The van der Waals surface area contributed by atoms with Crippen molar-refractivity contribution in [1.29, 1.82) is 5.26 Å². The molecule has 1 saturated heterocycles. The summed E-state index contributed by atoms with van der Waals surface area (Å²) in [6, 6.07) is 2.11. The number of H-pyrrole nitrogens is 1. The molecule has 0 unspecified atom stereocenters. The van der Waals surface area contributed by atoms with Crippen molar-refractivity contribution in [3.8, 4) is 17.6 Å². The molecule has 2 aromatic rings. The number of nitrogens with one attached hydrogen (secondary N) is 1. The number of nitriles is 1. The van der Waals surface area contributed by atoms with E-state index >= 15 is 0 Å². The van der Waals surface area contributed by atoms with Crippen LogP contribution in [-0.2, 0) is 0 Å². The Morgan fingerprint density at radius 1 is 1.21 bits per heavy atom. The Morgan fingerprint density at radius 2 is 2.05 bits per heavy atom. The van der Waals surface area contributed by atoms with E-state index in [1.807, 2.05) is 0 Å². The Bertz CT molecular complexity index is 592. The highest BCUT2D eigenvalue weighted by molar-refractivity contribution is 5.60. The average Bonchev–Trinajstić information content (AvgIpc) is 3.01. The van der Waals surface area contributed by atoms with Crippen molar-refractivity contribution < 1.29 is 0 Å². The van der Waals surface area contributed by atoms with Gasteiger partial charge in [0.25, 0.3) is 0 Å². The lowest BCUT2D eigenvalue weighted by Crippen LogP contribution is -2.31. The molecule has 0 bridgehead atoms. The fourth-order valence-electron chi connectivity index (χ4n) is 2.28. The standard InChI is InChI=1S/C13H14N6/c14-8-10-9-17-13(19-6-2-1-3-7-19)18-11(10)12-15-4-5-16-12/h4-5,9H,1-3,6-7H2,(H,15,16). The third-order valence-electron chi connectivity index (χ3n) is 3.26. The normalized spacial score (nSPS) is 15.2. The van der Waals surface area contributed by atoms with Crippen LogP contribution in [0.2, 0.25) is 0 Å². The van der Waals surface area contributed by atoms with Crippen LogP contribution in [0.1, 0.15) is 24.8 Å². The fourth-order valence-corrected chi connectivity index (χ4v) is 2.28. The monoisotopic (exact) mass is 254 g/mol. The van der Waals surface area contributed by atoms with E-state index < -0.39 is 0 Å². The highest BCUT2D eigenvalue weighted by Gasteiger charge is 2.17. The lowest BCUT2D eigenvalue weighted by atomic mass is 10.1. The second-order valence-corrected chi connectivity index (χ2v) is 4.53. The Balaban J connectivity index is 2.00. The maximum absolute atomic E-state index is 9.13. The van der Waals surface area contributed by atoms with Gasteiger partial charge < -0.3 is 9.88 Å². The molecule has 0 radical (unpaired) electrons. The Hall–Kier alpha value is -2.42. The predicted molar refractivity (Wildman–Crippen MR) is 70.4 cm³/mol. The van der Waals surface area contributed by atoms with Crippen LogP contribution in [0.15, 0.2) is 18.6 Å². The molecule has 0 atom stereocenters. The van der Waals surface area contributed by atoms with Gasteiger partial charge in [0.05, 0.1) is 11.8 Å². The van der Waals surface area contributed by atoms with E-state index in [1.165, 1.54) is 19.3 Å². The van der Waals surface area contributed by atoms with E-state index in [9.17, 15) is 0 Å². The first-order chi connectivity index (χ1) is 9.38. The highest BCUT2D eigenvalue weighted by Crippen LogP contribution is 2.21. The van der Waals surface area contributed by atoms with E-state index in [-0.39, 0.29) is 0 Å². The van der Waals surface area contributed by atoms with Gasteiger partial charge in [-0.1, -0.05) is 0 Å². The lowest BCUT2D eigenvalue weighted by Gasteiger charge is -2.26. The first kappa shape index (κ1) is 11.7. The summed E-state index contributed by atoms with van der Waals surface area (Å²) >= 11 is 0. The smallest absolute Gasteiger partial charge is 0.226 e. The minimum atomic E-state index is 0.440. The van der Waals surface area contributed by atoms with Crippen molar-refractivity contribution in [2.75, 3.05) is 18.0 Å². The molecule has 3 heterocycles. The largest absolute Gasteiger partial charge is 0.343 e. The molecule has 1 N–H and O–H groups in total. The van der Waals surface area contributed by atoms with Crippen molar-refractivity contribution in [1.82, 2.24) is 19.9 Å². The number of imidazole rings is 1. The summed E-state index contributed by atoms with van der Waals surface area (Å²) in [5, 5.41) is 9.13. The first-order valence-corrected chi connectivity index (χ1v) is 6.40. The molecule has 6 nitrogen and oxygen atoms in total. The molecule has 1 aliphatic rings. The van der Waals surface area contributed by atoms with Gasteiger partial charge in [-0.05, 0) is 19.3 Å². The second kappa shape index (κ2) is 5.06. The second-order valence-electron chi connectivity index (χ2n) is 4.53. The summed E-state index contributed by atoms with van der Waals surface area (Å²) in [5.74, 6) is 1.29. The molecule has 2 aromatic heterocycles. The van der Waals surface area contributed by atoms with Crippen molar-refractivity contribution >= 4 is 5.95 Å². The molecule has 0 spiro atoms. The lowest BCUT2D eigenvalue weighted by molar-refractivity contribution is 0.568. The third-order valence-corrected chi connectivity index (χ3v) is 3.26. The zero-order valence-electron chi connectivity index (χ0n) is 10.5. The summed E-state index contributed by atoms with van der Waals surface area (Å²) in [4.78, 5) is 18.1. The molecular weight excluding hydrogens is 240 g/mol. The minimum Gasteiger partial charge on any atom is -0.343 e. The van der Waals surface area contributed by atoms with Crippen molar-refractivity contribution in [3.05, 3.63) is 24.2 Å². The minimum absolute atomic E-state index is 0.440. The Morgan fingerprint density at radius 3 is 2.74 bits per heavy atom. The zero-order chi connectivity index (χ0) is 13.1. The maximum Gasteiger partial charge on any atom is 0.226 e. The molecule has 0 aliphatic carbocycles. The van der Waals surface area contributed by atoms with Gasteiger partial charge in [-0.25, -0.2) is 15.0 Å². The number of anilines is 1. The summed E-state index contributed by atoms with van der Waals surface area (Å²) < 4.78 is 0. The third kappa shape index (κ3) is 2.27. The Kier molecular flexibility index (Phi) is 3.11. The molecule has 1 aliphatic heterocycles. The number of aromatic nitrogens is 4. The van der Waals surface area contributed by atoms with Gasteiger partial charge in [-0.15, -0.1) is 0 Å². The number of rotatable bonds is 2. The van der Waals surface area contributed by atoms with E-state index in [0.29, 0.717) is 23.0 Å². The summed E-state index contributed by atoms with van der Waals surface area (Å²) in [6.07, 6.45) is 8.55. The van der Waals surface area contributed by atoms with Gasteiger partial charge in [0.15, 0.2) is 5.82 Å². The van der Waals surface area contributed by atoms with Crippen LogP contribution in [0.25, 0.3) is 11.5 Å². The number of hydrogen-bond acceptors (Lipinski definition) is 5. The van der Waals surface area contributed by atoms with Crippen molar-refractivity contribution in [3.63, 3.8) is 0 Å². The van der Waals surface area contributed by atoms with Crippen LogP contribution >= 0.6 is 0 Å². The van der Waals surface area contributed by atoms with Crippen molar-refractivity contribution in [2.45, 2.75) is 19.3 Å². The fraction of sp³-hybridized carbons (Fsp3) is 0.385. The summed E-state index contributed by atoms with van der Waals surface area (Å²) in [5.41, 5.74) is 1.01. The first-order valence-electron chi connectivity index (χ1n) is 6.40. The topological polar surface area (TPSA) is 81.5 Å². The number of hydrogen-bond donors (Lipinski definition) is 1. The average molecular weight is 254 g/mol. The van der Waals surface area contributed by atoms with Crippen molar-refractivity contribution in [2.24, 2.45) is 0 Å². The molecule has 1 fully saturated rings. The molecule has 6 heteroatoms. The van der Waals surface area contributed by atoms with Crippen LogP contribution in [0, 0.1) is 11.3 Å². The molecule has 0 aromatic carbocycles. The Labute approximate surface area is 111 Å². The van der Waals surface area contributed by atoms with E-state index in [2.05, 4.69) is 30.9 Å². The molecule has 0 amide bonds. The van der Waals surface area contributed by atoms with Crippen LogP contribution < -0.4 is 4.90 Å². The number of aromatic amines is 1. The molecular formula is C13H14N6. The predicted octanol–water partition coefficient (Wildman–Crippen LogP) is 1.73. The quantitative estimate of drug-likeness (QED) is 0.882. The van der Waals surface area contributed by atoms with Crippen LogP contribution in [0.5, 0.6) is 0 Å². The molecule has 19 heavy (non-hydrogen) atoms. The summed E-state index contributed by atoms with van der Waals surface area (Å²) in [6.45, 7) is 1.95. The molecule has 3 rings (SSSR count). The van der Waals surface area contributed by atoms with Crippen LogP contribution in [0.3, 0.4) is 0 Å². The molecule has 0 saturated carbocycles. The van der Waals surface area contributed by atoms with E-state index in [4.69, 9.17) is 5.26 Å². The van der Waals surface area contributed by atoms with E-state index in [0.717, 1.165) is 13.1 Å². The number of piperidine rings is 1. The van der Waals surface area contributed by atoms with Gasteiger partial charge in [-0.2, -0.15) is 5.26 Å². The number of nitrogens with zero attached hydrogens (tertiary/aromatic N) is 5. The molecule has 96 valence electrons. The van der Waals surface area contributed by atoms with E-state index in [1.54, 1.807) is 18.6 Å². The van der Waals surface area contributed by atoms with Gasteiger partial charge >= 0.3 is 0 Å². The zero-order valence-corrected chi connectivity index (χ0v) is 10.5. The SMILES string of the molecule is N#Cc1cnc(N2CCCCC2)nc1-c1ncc[nH]1. The van der Waals surface area contributed by atoms with Gasteiger partial charge in [0.2, 0.25) is 5.95 Å².